The van der Waals surface area contributed by atoms with Crippen LogP contribution in [0.4, 0.5) is 0 Å². The normalized spacial score (nSPS) is 11.1. The minimum atomic E-state index is -0.995. The molecule has 0 aliphatic carbocycles. The Bertz CT molecular complexity index is 480. The Morgan fingerprint density at radius 3 is 2.57 bits per heavy atom. The van der Waals surface area contributed by atoms with Crippen molar-refractivity contribution in [1.29, 1.82) is 0 Å². The highest BCUT2D eigenvalue weighted by Gasteiger charge is 2.19. The van der Waals surface area contributed by atoms with E-state index in [1.165, 1.54) is 11.8 Å². The molecule has 1 aromatic heterocycles. The number of aromatic carboxylic acids is 1. The summed E-state index contributed by atoms with van der Waals surface area (Å²) in [6, 6.07) is 0. The van der Waals surface area contributed by atoms with Crippen LogP contribution in [0.3, 0.4) is 0 Å². The second kappa shape index (κ2) is 8.96. The molecule has 0 saturated carbocycles. The van der Waals surface area contributed by atoms with Crippen LogP contribution in [0.15, 0.2) is 5.03 Å². The molecule has 0 aliphatic rings. The van der Waals surface area contributed by atoms with Crippen molar-refractivity contribution in [2.45, 2.75) is 31.7 Å². The van der Waals surface area contributed by atoms with Gasteiger partial charge in [0.1, 0.15) is 16.4 Å². The van der Waals surface area contributed by atoms with Gasteiger partial charge in [-0.3, -0.25) is 0 Å². The molecule has 0 bridgehead atoms. The molecule has 0 amide bonds. The first-order valence-electron chi connectivity index (χ1n) is 6.78. The van der Waals surface area contributed by atoms with Crippen molar-refractivity contribution >= 4 is 17.7 Å². The molecule has 0 aliphatic heterocycles. The van der Waals surface area contributed by atoms with Gasteiger partial charge in [-0.25, -0.2) is 14.8 Å². The van der Waals surface area contributed by atoms with Crippen LogP contribution in [0, 0.1) is 6.92 Å². The van der Waals surface area contributed by atoms with Gasteiger partial charge in [-0.15, -0.1) is 11.8 Å². The zero-order chi connectivity index (χ0) is 15.8. The van der Waals surface area contributed by atoms with E-state index in [1.807, 2.05) is 13.8 Å². The number of thioether (sulfide) groups is 1. The largest absolute Gasteiger partial charge is 0.478 e. The Balaban J connectivity index is 2.76. The molecule has 0 atom stereocenters. The van der Waals surface area contributed by atoms with Crippen LogP contribution in [0.25, 0.3) is 0 Å². The maximum atomic E-state index is 11.4. The quantitative estimate of drug-likeness (QED) is 0.425. The van der Waals surface area contributed by atoms with E-state index in [-0.39, 0.29) is 11.5 Å². The number of aryl methyl sites for hydroxylation is 1. The van der Waals surface area contributed by atoms with Crippen LogP contribution >= 0.6 is 11.8 Å². The van der Waals surface area contributed by atoms with Crippen molar-refractivity contribution in [3.8, 4) is 0 Å². The van der Waals surface area contributed by atoms with E-state index in [2.05, 4.69) is 9.97 Å². The van der Waals surface area contributed by atoms with Crippen molar-refractivity contribution in [3.63, 3.8) is 0 Å². The summed E-state index contributed by atoms with van der Waals surface area (Å²) < 4.78 is 10.3. The molecular weight excluding hydrogens is 292 g/mol. The standard InChI is InChI=1S/C14H22N2O4S/c1-9(2)12-15-10(3)11(14(17)18)13(16-12)21-8-7-20-6-5-19-4/h9H,5-8H2,1-4H3,(H,17,18). The van der Waals surface area contributed by atoms with Crippen molar-refractivity contribution in [3.05, 3.63) is 17.1 Å². The second-order valence-corrected chi connectivity index (χ2v) is 5.84. The van der Waals surface area contributed by atoms with Crippen LogP contribution in [-0.2, 0) is 9.47 Å². The lowest BCUT2D eigenvalue weighted by Gasteiger charge is -2.12. The van der Waals surface area contributed by atoms with E-state index >= 15 is 0 Å². The van der Waals surface area contributed by atoms with Gasteiger partial charge in [0.25, 0.3) is 0 Å². The first kappa shape index (κ1) is 17.9. The van der Waals surface area contributed by atoms with Gasteiger partial charge in [-0.1, -0.05) is 13.8 Å². The van der Waals surface area contributed by atoms with Gasteiger partial charge >= 0.3 is 5.97 Å². The summed E-state index contributed by atoms with van der Waals surface area (Å²) in [4.78, 5) is 20.0. The third kappa shape index (κ3) is 5.61. The number of aromatic nitrogens is 2. The zero-order valence-corrected chi connectivity index (χ0v) is 13.7. The lowest BCUT2D eigenvalue weighted by Crippen LogP contribution is -2.11. The summed E-state index contributed by atoms with van der Waals surface area (Å²) in [5, 5.41) is 9.82. The molecule has 0 saturated heterocycles. The summed E-state index contributed by atoms with van der Waals surface area (Å²) in [5.41, 5.74) is 0.685. The van der Waals surface area contributed by atoms with Gasteiger partial charge in [0.05, 0.1) is 25.5 Å². The van der Waals surface area contributed by atoms with Crippen molar-refractivity contribution in [2.24, 2.45) is 0 Å². The van der Waals surface area contributed by atoms with E-state index in [0.717, 1.165) is 0 Å². The number of methoxy groups -OCH3 is 1. The third-order valence-electron chi connectivity index (χ3n) is 2.70. The van der Waals surface area contributed by atoms with Crippen molar-refractivity contribution in [1.82, 2.24) is 9.97 Å². The molecule has 0 radical (unpaired) electrons. The fourth-order valence-electron chi connectivity index (χ4n) is 1.62. The molecule has 0 fully saturated rings. The molecule has 118 valence electrons. The molecule has 1 aromatic rings. The molecule has 7 heteroatoms. The predicted molar refractivity (Wildman–Crippen MR) is 81.2 cm³/mol. The number of carboxylic acid groups (broad SMARTS) is 1. The number of hydrogen-bond donors (Lipinski definition) is 1. The summed E-state index contributed by atoms with van der Waals surface area (Å²) in [5.74, 6) is 0.465. The zero-order valence-electron chi connectivity index (χ0n) is 12.9. The monoisotopic (exact) mass is 314 g/mol. The predicted octanol–water partition coefficient (Wildman–Crippen LogP) is 2.36. The Labute approximate surface area is 129 Å². The van der Waals surface area contributed by atoms with Crippen molar-refractivity contribution < 1.29 is 19.4 Å². The summed E-state index contributed by atoms with van der Waals surface area (Å²) >= 11 is 1.38. The van der Waals surface area contributed by atoms with Gasteiger partial charge in [0.15, 0.2) is 0 Å². The molecule has 1 heterocycles. The second-order valence-electron chi connectivity index (χ2n) is 4.76. The molecule has 21 heavy (non-hydrogen) atoms. The van der Waals surface area contributed by atoms with E-state index in [4.69, 9.17) is 9.47 Å². The molecule has 1 rings (SSSR count). The molecule has 0 aromatic carbocycles. The van der Waals surface area contributed by atoms with Gasteiger partial charge in [-0.05, 0) is 6.92 Å². The van der Waals surface area contributed by atoms with Gasteiger partial charge in [0.2, 0.25) is 0 Å². The lowest BCUT2D eigenvalue weighted by atomic mass is 10.2. The van der Waals surface area contributed by atoms with Crippen molar-refractivity contribution in [2.75, 3.05) is 32.7 Å². The average Bonchev–Trinajstić information content (AvgIpc) is 2.41. The Hall–Kier alpha value is -1.18. The number of carboxylic acids is 1. The van der Waals surface area contributed by atoms with E-state index in [0.29, 0.717) is 42.1 Å². The van der Waals surface area contributed by atoms with Crippen LogP contribution in [0.1, 0.15) is 41.6 Å². The third-order valence-corrected chi connectivity index (χ3v) is 3.64. The maximum Gasteiger partial charge on any atom is 0.340 e. The number of carbonyl (C=O) groups is 1. The van der Waals surface area contributed by atoms with E-state index < -0.39 is 5.97 Å². The fourth-order valence-corrected chi connectivity index (χ4v) is 2.55. The Morgan fingerprint density at radius 2 is 2.00 bits per heavy atom. The number of hydrogen-bond acceptors (Lipinski definition) is 6. The molecular formula is C14H22N2O4S. The number of rotatable bonds is 9. The summed E-state index contributed by atoms with van der Waals surface area (Å²) in [6.45, 7) is 7.27. The summed E-state index contributed by atoms with van der Waals surface area (Å²) in [7, 11) is 1.62. The topological polar surface area (TPSA) is 81.5 Å². The van der Waals surface area contributed by atoms with Crippen LogP contribution in [-0.4, -0.2) is 53.7 Å². The number of ether oxygens (including phenoxy) is 2. The van der Waals surface area contributed by atoms with Crippen LogP contribution < -0.4 is 0 Å². The highest BCUT2D eigenvalue weighted by atomic mass is 32.2. The Kier molecular flexibility index (Phi) is 7.63. The smallest absolute Gasteiger partial charge is 0.340 e. The van der Waals surface area contributed by atoms with Crippen LogP contribution in [0.2, 0.25) is 0 Å². The maximum absolute atomic E-state index is 11.4. The first-order valence-corrected chi connectivity index (χ1v) is 7.77. The first-order chi connectivity index (χ1) is 9.97. The van der Waals surface area contributed by atoms with Gasteiger partial charge in [-0.2, -0.15) is 0 Å². The minimum absolute atomic E-state index is 0.156. The highest BCUT2D eigenvalue weighted by Crippen LogP contribution is 2.24. The highest BCUT2D eigenvalue weighted by molar-refractivity contribution is 7.99. The molecule has 1 N–H and O–H groups in total. The Morgan fingerprint density at radius 1 is 1.29 bits per heavy atom. The van der Waals surface area contributed by atoms with Gasteiger partial charge < -0.3 is 14.6 Å². The van der Waals surface area contributed by atoms with Crippen LogP contribution in [0.5, 0.6) is 0 Å². The average molecular weight is 314 g/mol. The minimum Gasteiger partial charge on any atom is -0.478 e. The fraction of sp³-hybridized carbons (Fsp3) is 0.643. The summed E-state index contributed by atoms with van der Waals surface area (Å²) in [6.07, 6.45) is 0. The van der Waals surface area contributed by atoms with Gasteiger partial charge in [0, 0.05) is 18.8 Å². The number of nitrogens with zero attached hydrogens (tertiary/aromatic N) is 2. The molecule has 0 unspecified atom stereocenters. The van der Waals surface area contributed by atoms with E-state index in [1.54, 1.807) is 14.0 Å². The van der Waals surface area contributed by atoms with E-state index in [9.17, 15) is 9.90 Å². The molecule has 6 nitrogen and oxygen atoms in total. The SMILES string of the molecule is COCCOCCSc1nc(C(C)C)nc(C)c1C(=O)O. The lowest BCUT2D eigenvalue weighted by molar-refractivity contribution is 0.0690. The molecule has 0 spiro atoms.